The molecule has 0 spiro atoms. The van der Waals surface area contributed by atoms with Crippen LogP contribution in [0.5, 0.6) is 0 Å². The van der Waals surface area contributed by atoms with Crippen LogP contribution in [0.1, 0.15) is 77.9 Å². The summed E-state index contributed by atoms with van der Waals surface area (Å²) in [4.78, 5) is 14.0. The lowest BCUT2D eigenvalue weighted by molar-refractivity contribution is -0.130. The second kappa shape index (κ2) is 14.9. The molecular formula is C25H40FN3O2. The molecule has 2 N–H and O–H groups in total. The van der Waals surface area contributed by atoms with E-state index < -0.39 is 6.10 Å². The van der Waals surface area contributed by atoms with E-state index in [-0.39, 0.29) is 24.3 Å². The van der Waals surface area contributed by atoms with Crippen molar-refractivity contribution in [2.24, 2.45) is 11.8 Å². The monoisotopic (exact) mass is 433 g/mol. The molecule has 0 aliphatic carbocycles. The molecule has 2 rings (SSSR count). The molecule has 0 saturated carbocycles. The van der Waals surface area contributed by atoms with Crippen LogP contribution in [0.2, 0.25) is 0 Å². The Bertz CT molecular complexity index is 674. The van der Waals surface area contributed by atoms with Crippen LogP contribution in [-0.2, 0) is 4.79 Å². The Kier molecular flexibility index (Phi) is 13.0. The van der Waals surface area contributed by atoms with Gasteiger partial charge in [0.25, 0.3) is 0 Å². The maximum Gasteiger partial charge on any atom is 0.237 e. The van der Waals surface area contributed by atoms with E-state index in [1.807, 2.05) is 13.8 Å². The fraction of sp³-hybridized carbons (Fsp3) is 0.680. The average molecular weight is 434 g/mol. The maximum absolute atomic E-state index is 13.1. The number of carbonyl (C=O) groups excluding carboxylic acids is 1. The molecule has 1 aliphatic rings. The largest absolute Gasteiger partial charge is 0.388 e. The van der Waals surface area contributed by atoms with Crippen molar-refractivity contribution in [3.8, 4) is 6.07 Å². The molecule has 1 saturated heterocycles. The van der Waals surface area contributed by atoms with E-state index >= 15 is 0 Å². The van der Waals surface area contributed by atoms with Crippen LogP contribution in [0.4, 0.5) is 4.39 Å². The molecule has 1 heterocycles. The Balaban J connectivity index is 0.00000233. The number of halogens is 1. The van der Waals surface area contributed by atoms with Crippen molar-refractivity contribution < 1.29 is 14.3 Å². The van der Waals surface area contributed by atoms with Gasteiger partial charge in [0.05, 0.1) is 18.7 Å². The second-order valence-corrected chi connectivity index (χ2v) is 7.98. The van der Waals surface area contributed by atoms with E-state index in [0.29, 0.717) is 24.8 Å². The number of amides is 1. The third kappa shape index (κ3) is 8.59. The number of nitriles is 1. The zero-order valence-electron chi connectivity index (χ0n) is 19.6. The SMILES string of the molecule is CC.CC[C@H](CCNCC(=O)N1CCCC1C#N)[C@H](CC)CC(O)c1ccc(F)cc1. The van der Waals surface area contributed by atoms with Crippen molar-refractivity contribution in [1.29, 1.82) is 5.26 Å². The van der Waals surface area contributed by atoms with Crippen LogP contribution >= 0.6 is 0 Å². The third-order valence-corrected chi connectivity index (χ3v) is 6.19. The summed E-state index contributed by atoms with van der Waals surface area (Å²) in [5.74, 6) is 0.506. The number of aliphatic hydroxyl groups excluding tert-OH is 1. The van der Waals surface area contributed by atoms with Crippen molar-refractivity contribution in [2.45, 2.75) is 78.4 Å². The summed E-state index contributed by atoms with van der Waals surface area (Å²) in [6.45, 7) is 9.97. The van der Waals surface area contributed by atoms with Gasteiger partial charge in [-0.05, 0) is 61.8 Å². The number of hydrogen-bond donors (Lipinski definition) is 2. The Morgan fingerprint density at radius 1 is 1.26 bits per heavy atom. The second-order valence-electron chi connectivity index (χ2n) is 7.98. The molecule has 2 unspecified atom stereocenters. The summed E-state index contributed by atoms with van der Waals surface area (Å²) in [5.41, 5.74) is 0.751. The molecule has 1 aromatic rings. The predicted molar refractivity (Wildman–Crippen MR) is 123 cm³/mol. The zero-order valence-corrected chi connectivity index (χ0v) is 19.6. The highest BCUT2D eigenvalue weighted by atomic mass is 19.1. The van der Waals surface area contributed by atoms with Gasteiger partial charge in [-0.25, -0.2) is 4.39 Å². The Labute approximate surface area is 187 Å². The lowest BCUT2D eigenvalue weighted by atomic mass is 9.81. The minimum atomic E-state index is -0.595. The molecule has 0 bridgehead atoms. The van der Waals surface area contributed by atoms with E-state index in [2.05, 4.69) is 25.2 Å². The topological polar surface area (TPSA) is 76.4 Å². The van der Waals surface area contributed by atoms with Gasteiger partial charge in [-0.3, -0.25) is 4.79 Å². The highest BCUT2D eigenvalue weighted by Gasteiger charge is 2.28. The molecular weight excluding hydrogens is 393 g/mol. The number of nitrogens with one attached hydrogen (secondary N) is 1. The van der Waals surface area contributed by atoms with Gasteiger partial charge in [-0.1, -0.05) is 52.7 Å². The van der Waals surface area contributed by atoms with E-state index in [4.69, 9.17) is 5.26 Å². The van der Waals surface area contributed by atoms with Crippen molar-refractivity contribution in [3.05, 3.63) is 35.6 Å². The van der Waals surface area contributed by atoms with Crippen LogP contribution in [0, 0.1) is 29.0 Å². The molecule has 4 atom stereocenters. The minimum Gasteiger partial charge on any atom is -0.388 e. The van der Waals surface area contributed by atoms with Crippen LogP contribution < -0.4 is 5.32 Å². The van der Waals surface area contributed by atoms with Gasteiger partial charge in [-0.15, -0.1) is 0 Å². The number of likely N-dealkylation sites (tertiary alicyclic amines) is 1. The number of benzene rings is 1. The summed E-state index contributed by atoms with van der Waals surface area (Å²) in [6.07, 6.45) is 4.63. The van der Waals surface area contributed by atoms with Gasteiger partial charge in [-0.2, -0.15) is 5.26 Å². The lowest BCUT2D eigenvalue weighted by Gasteiger charge is -2.28. The maximum atomic E-state index is 13.1. The van der Waals surface area contributed by atoms with Crippen LogP contribution in [0.15, 0.2) is 24.3 Å². The third-order valence-electron chi connectivity index (χ3n) is 6.19. The van der Waals surface area contributed by atoms with E-state index in [1.54, 1.807) is 17.0 Å². The van der Waals surface area contributed by atoms with Crippen molar-refractivity contribution >= 4 is 5.91 Å². The fourth-order valence-electron chi connectivity index (χ4n) is 4.36. The van der Waals surface area contributed by atoms with Crippen molar-refractivity contribution in [1.82, 2.24) is 10.2 Å². The van der Waals surface area contributed by atoms with Gasteiger partial charge in [0.1, 0.15) is 11.9 Å². The first kappa shape index (κ1) is 27.1. The summed E-state index contributed by atoms with van der Waals surface area (Å²) in [7, 11) is 0. The highest BCUT2D eigenvalue weighted by molar-refractivity contribution is 5.79. The fourth-order valence-corrected chi connectivity index (χ4v) is 4.36. The normalized spacial score (nSPS) is 18.5. The number of rotatable bonds is 11. The molecule has 0 aromatic heterocycles. The summed E-state index contributed by atoms with van der Waals surface area (Å²) in [5, 5.41) is 22.9. The summed E-state index contributed by atoms with van der Waals surface area (Å²) in [6, 6.07) is 7.99. The minimum absolute atomic E-state index is 0.000807. The Morgan fingerprint density at radius 3 is 2.48 bits per heavy atom. The summed E-state index contributed by atoms with van der Waals surface area (Å²) >= 11 is 0. The Hall–Kier alpha value is -1.97. The van der Waals surface area contributed by atoms with E-state index in [1.165, 1.54) is 12.1 Å². The van der Waals surface area contributed by atoms with Crippen LogP contribution in [0.3, 0.4) is 0 Å². The van der Waals surface area contributed by atoms with E-state index in [9.17, 15) is 14.3 Å². The molecule has 0 radical (unpaired) electrons. The molecule has 6 heteroatoms. The highest BCUT2D eigenvalue weighted by Crippen LogP contribution is 2.31. The van der Waals surface area contributed by atoms with Crippen molar-refractivity contribution in [3.63, 3.8) is 0 Å². The average Bonchev–Trinajstić information content (AvgIpc) is 3.28. The van der Waals surface area contributed by atoms with Gasteiger partial charge < -0.3 is 15.3 Å². The van der Waals surface area contributed by atoms with Gasteiger partial charge in [0.2, 0.25) is 5.91 Å². The zero-order chi connectivity index (χ0) is 23.2. The quantitative estimate of drug-likeness (QED) is 0.491. The number of carbonyl (C=O) groups is 1. The molecule has 174 valence electrons. The smallest absolute Gasteiger partial charge is 0.237 e. The summed E-state index contributed by atoms with van der Waals surface area (Å²) < 4.78 is 13.1. The standard InChI is InChI=1S/C23H34FN3O2.C2H6/c1-3-17(11-12-26-16-23(29)27-13-5-6-21(27)15-25)18(4-2)14-22(28)19-7-9-20(24)10-8-19;1-2/h7-10,17-18,21-22,26,28H,3-6,11-14,16H2,1-2H3;1-2H3/t17-,18-,21?,22?;/m1./s1. The van der Waals surface area contributed by atoms with Crippen molar-refractivity contribution in [2.75, 3.05) is 19.6 Å². The van der Waals surface area contributed by atoms with Gasteiger partial charge >= 0.3 is 0 Å². The first-order valence-corrected chi connectivity index (χ1v) is 11.8. The molecule has 31 heavy (non-hydrogen) atoms. The van der Waals surface area contributed by atoms with Gasteiger partial charge in [0, 0.05) is 6.54 Å². The van der Waals surface area contributed by atoms with Gasteiger partial charge in [0.15, 0.2) is 0 Å². The Morgan fingerprint density at radius 2 is 1.90 bits per heavy atom. The molecule has 5 nitrogen and oxygen atoms in total. The molecule has 1 amide bonds. The number of nitrogens with zero attached hydrogens (tertiary/aromatic N) is 2. The van der Waals surface area contributed by atoms with Crippen LogP contribution in [0.25, 0.3) is 0 Å². The number of aliphatic hydroxyl groups is 1. The first-order valence-electron chi connectivity index (χ1n) is 11.8. The first-order chi connectivity index (χ1) is 15.0. The molecule has 1 aromatic carbocycles. The number of hydrogen-bond acceptors (Lipinski definition) is 4. The van der Waals surface area contributed by atoms with Crippen LogP contribution in [-0.4, -0.2) is 41.6 Å². The predicted octanol–water partition coefficient (Wildman–Crippen LogP) is 4.82. The lowest BCUT2D eigenvalue weighted by Crippen LogP contribution is -2.41. The van der Waals surface area contributed by atoms with E-state index in [0.717, 1.165) is 44.2 Å². The molecule has 1 aliphatic heterocycles. The molecule has 1 fully saturated rings.